The second kappa shape index (κ2) is 4.03. The van der Waals surface area contributed by atoms with E-state index in [1.54, 1.807) is 0 Å². The van der Waals surface area contributed by atoms with Gasteiger partial charge in [0.1, 0.15) is 0 Å². The lowest BCUT2D eigenvalue weighted by Crippen LogP contribution is -2.50. The third kappa shape index (κ3) is 2.01. The summed E-state index contributed by atoms with van der Waals surface area (Å²) in [6.07, 6.45) is 11.8. The molecule has 0 spiro atoms. The molecule has 1 fully saturated rings. The van der Waals surface area contributed by atoms with E-state index in [1.807, 2.05) is 0 Å². The fourth-order valence-corrected chi connectivity index (χ4v) is 2.86. The number of aliphatic hydroxyl groups excluding tert-OH is 1. The largest absolute Gasteiger partial charge is 0.393 e. The maximum absolute atomic E-state index is 9.47. The molecule has 0 radical (unpaired) electrons. The lowest BCUT2D eigenvalue weighted by Gasteiger charge is -2.42. The van der Waals surface area contributed by atoms with Gasteiger partial charge in [-0.1, -0.05) is 12.2 Å². The topological polar surface area (TPSA) is 46.2 Å². The highest BCUT2D eigenvalue weighted by atomic mass is 16.3. The minimum atomic E-state index is -0.0918. The van der Waals surface area contributed by atoms with Crippen LogP contribution in [0.3, 0.4) is 0 Å². The number of hydrogen-bond donors (Lipinski definition) is 2. The normalized spacial score (nSPS) is 43.9. The predicted molar refractivity (Wildman–Crippen MR) is 57.9 cm³/mol. The minimum absolute atomic E-state index is 0.0178. The van der Waals surface area contributed by atoms with Gasteiger partial charge in [-0.25, -0.2) is 0 Å². The molecule has 3 N–H and O–H groups in total. The van der Waals surface area contributed by atoms with Gasteiger partial charge in [-0.2, -0.15) is 0 Å². The second-order valence-corrected chi connectivity index (χ2v) is 4.95. The van der Waals surface area contributed by atoms with E-state index in [9.17, 15) is 5.11 Å². The predicted octanol–water partition coefficient (Wildman–Crippen LogP) is 1.98. The van der Waals surface area contributed by atoms with E-state index in [2.05, 4.69) is 12.2 Å². The summed E-state index contributed by atoms with van der Waals surface area (Å²) in [7, 11) is 0. The van der Waals surface area contributed by atoms with Crippen molar-refractivity contribution in [3.8, 4) is 0 Å². The van der Waals surface area contributed by atoms with E-state index >= 15 is 0 Å². The van der Waals surface area contributed by atoms with E-state index in [4.69, 9.17) is 5.73 Å². The number of rotatable bonds is 1. The third-order valence-corrected chi connectivity index (χ3v) is 3.97. The van der Waals surface area contributed by atoms with Gasteiger partial charge in [0.2, 0.25) is 0 Å². The summed E-state index contributed by atoms with van der Waals surface area (Å²) in [5.41, 5.74) is 6.47. The molecule has 1 atom stereocenters. The fourth-order valence-electron chi connectivity index (χ4n) is 2.86. The Morgan fingerprint density at radius 1 is 1.14 bits per heavy atom. The van der Waals surface area contributed by atoms with Crippen LogP contribution in [-0.4, -0.2) is 16.7 Å². The molecule has 0 aromatic heterocycles. The Hall–Kier alpha value is -0.340. The lowest BCUT2D eigenvalue weighted by atomic mass is 9.69. The van der Waals surface area contributed by atoms with Crippen LogP contribution in [0.15, 0.2) is 12.2 Å². The van der Waals surface area contributed by atoms with Gasteiger partial charge in [-0.15, -0.1) is 0 Å². The fraction of sp³-hybridized carbons (Fsp3) is 0.833. The molecule has 2 aliphatic rings. The van der Waals surface area contributed by atoms with Crippen molar-refractivity contribution in [1.29, 1.82) is 0 Å². The summed E-state index contributed by atoms with van der Waals surface area (Å²) < 4.78 is 0. The van der Waals surface area contributed by atoms with E-state index in [1.165, 1.54) is 12.8 Å². The smallest absolute Gasteiger partial charge is 0.0541 e. The molecule has 2 heteroatoms. The molecule has 0 heterocycles. The van der Waals surface area contributed by atoms with Crippen LogP contribution in [0.4, 0.5) is 0 Å². The monoisotopic (exact) mass is 195 g/mol. The van der Waals surface area contributed by atoms with Gasteiger partial charge in [0.25, 0.3) is 0 Å². The molecule has 0 saturated heterocycles. The Kier molecular flexibility index (Phi) is 2.93. The SMILES string of the molecule is NC1(C2CC=CCC2)CCC(O)CC1. The first kappa shape index (κ1) is 10.2. The zero-order valence-corrected chi connectivity index (χ0v) is 8.78. The van der Waals surface area contributed by atoms with Crippen molar-refractivity contribution in [1.82, 2.24) is 0 Å². The Labute approximate surface area is 86.2 Å². The van der Waals surface area contributed by atoms with E-state index in [0.717, 1.165) is 32.1 Å². The average Bonchev–Trinajstić information content (AvgIpc) is 2.24. The van der Waals surface area contributed by atoms with E-state index in [-0.39, 0.29) is 11.6 Å². The van der Waals surface area contributed by atoms with E-state index < -0.39 is 0 Å². The molecular formula is C12H21NO. The lowest BCUT2D eigenvalue weighted by molar-refractivity contribution is 0.0719. The quantitative estimate of drug-likeness (QED) is 0.628. The van der Waals surface area contributed by atoms with Crippen LogP contribution in [-0.2, 0) is 0 Å². The minimum Gasteiger partial charge on any atom is -0.393 e. The summed E-state index contributed by atoms with van der Waals surface area (Å²) in [4.78, 5) is 0. The Morgan fingerprint density at radius 3 is 2.43 bits per heavy atom. The zero-order chi connectivity index (χ0) is 10.0. The Balaban J connectivity index is 1.97. The zero-order valence-electron chi connectivity index (χ0n) is 8.78. The standard InChI is InChI=1S/C12H21NO/c13-12(8-6-11(14)7-9-12)10-4-2-1-3-5-10/h1-2,10-11,14H,3-9,13H2. The van der Waals surface area contributed by atoms with Crippen molar-refractivity contribution >= 4 is 0 Å². The molecule has 14 heavy (non-hydrogen) atoms. The van der Waals surface area contributed by atoms with Crippen LogP contribution in [0.1, 0.15) is 44.9 Å². The van der Waals surface area contributed by atoms with Crippen molar-refractivity contribution in [3.63, 3.8) is 0 Å². The highest BCUT2D eigenvalue weighted by Crippen LogP contribution is 2.38. The Morgan fingerprint density at radius 2 is 1.86 bits per heavy atom. The van der Waals surface area contributed by atoms with Crippen molar-refractivity contribution in [2.75, 3.05) is 0 Å². The summed E-state index contributed by atoms with van der Waals surface area (Å²) in [5.74, 6) is 0.653. The van der Waals surface area contributed by atoms with Gasteiger partial charge >= 0.3 is 0 Å². The molecule has 0 amide bonds. The van der Waals surface area contributed by atoms with Crippen LogP contribution < -0.4 is 5.73 Å². The van der Waals surface area contributed by atoms with Gasteiger partial charge in [-0.3, -0.25) is 0 Å². The van der Waals surface area contributed by atoms with Crippen molar-refractivity contribution in [3.05, 3.63) is 12.2 Å². The first-order valence-corrected chi connectivity index (χ1v) is 5.83. The van der Waals surface area contributed by atoms with Crippen LogP contribution in [0.5, 0.6) is 0 Å². The molecular weight excluding hydrogens is 174 g/mol. The van der Waals surface area contributed by atoms with Gasteiger partial charge in [-0.05, 0) is 50.9 Å². The van der Waals surface area contributed by atoms with Crippen molar-refractivity contribution in [2.24, 2.45) is 11.7 Å². The number of allylic oxidation sites excluding steroid dienone is 2. The van der Waals surface area contributed by atoms with Gasteiger partial charge in [0, 0.05) is 5.54 Å². The molecule has 0 aromatic rings. The first-order chi connectivity index (χ1) is 6.71. The van der Waals surface area contributed by atoms with Crippen molar-refractivity contribution < 1.29 is 5.11 Å². The second-order valence-electron chi connectivity index (χ2n) is 4.95. The van der Waals surface area contributed by atoms with Crippen LogP contribution in [0.2, 0.25) is 0 Å². The number of nitrogens with two attached hydrogens (primary N) is 1. The number of hydrogen-bond acceptors (Lipinski definition) is 2. The van der Waals surface area contributed by atoms with Crippen LogP contribution in [0, 0.1) is 5.92 Å². The molecule has 0 bridgehead atoms. The van der Waals surface area contributed by atoms with Crippen LogP contribution >= 0.6 is 0 Å². The highest BCUT2D eigenvalue weighted by Gasteiger charge is 2.37. The summed E-state index contributed by atoms with van der Waals surface area (Å²) in [6.45, 7) is 0. The van der Waals surface area contributed by atoms with Crippen LogP contribution in [0.25, 0.3) is 0 Å². The third-order valence-electron chi connectivity index (χ3n) is 3.97. The molecule has 80 valence electrons. The van der Waals surface area contributed by atoms with Gasteiger partial charge in [0.15, 0.2) is 0 Å². The summed E-state index contributed by atoms with van der Waals surface area (Å²) in [5, 5.41) is 9.47. The summed E-state index contributed by atoms with van der Waals surface area (Å²) in [6, 6.07) is 0. The molecule has 0 aliphatic heterocycles. The molecule has 2 nitrogen and oxygen atoms in total. The van der Waals surface area contributed by atoms with Gasteiger partial charge < -0.3 is 10.8 Å². The first-order valence-electron chi connectivity index (χ1n) is 5.83. The van der Waals surface area contributed by atoms with Crippen molar-refractivity contribution in [2.45, 2.75) is 56.6 Å². The molecule has 2 rings (SSSR count). The average molecular weight is 195 g/mol. The summed E-state index contributed by atoms with van der Waals surface area (Å²) >= 11 is 0. The highest BCUT2D eigenvalue weighted by molar-refractivity contribution is 5.02. The molecule has 1 unspecified atom stereocenters. The Bertz CT molecular complexity index is 216. The maximum Gasteiger partial charge on any atom is 0.0541 e. The van der Waals surface area contributed by atoms with Gasteiger partial charge in [0.05, 0.1) is 6.10 Å². The molecule has 2 aliphatic carbocycles. The number of aliphatic hydroxyl groups is 1. The van der Waals surface area contributed by atoms with E-state index in [0.29, 0.717) is 5.92 Å². The molecule has 0 aromatic carbocycles. The molecule has 1 saturated carbocycles. The maximum atomic E-state index is 9.47.